The Labute approximate surface area is 156 Å². The van der Waals surface area contributed by atoms with E-state index < -0.39 is 11.6 Å². The van der Waals surface area contributed by atoms with E-state index in [4.69, 9.17) is 4.42 Å². The first kappa shape index (κ1) is 18.7. The fraction of sp³-hybridized carbons (Fsp3) is 0.353. The first-order chi connectivity index (χ1) is 11.1. The highest BCUT2D eigenvalue weighted by molar-refractivity contribution is 14.0. The minimum absolute atomic E-state index is 0. The van der Waals surface area contributed by atoms with E-state index in [0.29, 0.717) is 24.6 Å². The molecule has 1 aliphatic rings. The Kier molecular flexibility index (Phi) is 6.20. The van der Waals surface area contributed by atoms with E-state index in [2.05, 4.69) is 15.6 Å². The minimum atomic E-state index is -0.550. The number of aliphatic imine (C=N–C) groups is 1. The molecule has 0 radical (unpaired) electrons. The molecule has 1 fully saturated rings. The second kappa shape index (κ2) is 7.96. The van der Waals surface area contributed by atoms with Crippen LogP contribution in [0.15, 0.2) is 46.0 Å². The van der Waals surface area contributed by atoms with Gasteiger partial charge in [-0.1, -0.05) is 6.07 Å². The zero-order chi connectivity index (χ0) is 16.3. The molecule has 2 N–H and O–H groups in total. The molecule has 1 aromatic carbocycles. The van der Waals surface area contributed by atoms with Crippen LogP contribution in [-0.4, -0.2) is 19.6 Å². The van der Waals surface area contributed by atoms with Gasteiger partial charge in [0.2, 0.25) is 0 Å². The lowest BCUT2D eigenvalue weighted by Gasteiger charge is -2.19. The lowest BCUT2D eigenvalue weighted by molar-refractivity contribution is 0.500. The summed E-state index contributed by atoms with van der Waals surface area (Å²) in [6.45, 7) is 1.07. The number of benzene rings is 1. The van der Waals surface area contributed by atoms with Gasteiger partial charge in [0.05, 0.1) is 12.8 Å². The molecule has 1 saturated carbocycles. The molecular weight excluding hydrogens is 427 g/mol. The summed E-state index contributed by atoms with van der Waals surface area (Å²) >= 11 is 0. The highest BCUT2D eigenvalue weighted by Gasteiger charge is 2.46. The second-order valence-electron chi connectivity index (χ2n) is 5.76. The van der Waals surface area contributed by atoms with Crippen molar-refractivity contribution in [3.63, 3.8) is 0 Å². The van der Waals surface area contributed by atoms with Gasteiger partial charge in [-0.15, -0.1) is 24.0 Å². The zero-order valence-corrected chi connectivity index (χ0v) is 15.6. The first-order valence-corrected chi connectivity index (χ1v) is 7.55. The third kappa shape index (κ3) is 4.25. The summed E-state index contributed by atoms with van der Waals surface area (Å²) in [4.78, 5) is 4.15. The Balaban J connectivity index is 0.00000208. The fourth-order valence-corrected chi connectivity index (χ4v) is 2.67. The summed E-state index contributed by atoms with van der Waals surface area (Å²) in [6.07, 6.45) is 3.36. The summed E-state index contributed by atoms with van der Waals surface area (Å²) in [5.41, 5.74) is 0.285. The number of hydrogen-bond donors (Lipinski definition) is 2. The van der Waals surface area contributed by atoms with Crippen molar-refractivity contribution in [1.82, 2.24) is 10.6 Å². The summed E-state index contributed by atoms with van der Waals surface area (Å²) < 4.78 is 32.3. The normalized spacial score (nSPS) is 15.5. The van der Waals surface area contributed by atoms with E-state index >= 15 is 0 Å². The number of nitrogens with zero attached hydrogens (tertiary/aromatic N) is 1. The van der Waals surface area contributed by atoms with Crippen LogP contribution in [0.2, 0.25) is 0 Å². The topological polar surface area (TPSA) is 49.6 Å². The van der Waals surface area contributed by atoms with Crippen LogP contribution in [0.5, 0.6) is 0 Å². The van der Waals surface area contributed by atoms with Crippen molar-refractivity contribution in [3.8, 4) is 0 Å². The first-order valence-electron chi connectivity index (χ1n) is 7.55. The largest absolute Gasteiger partial charge is 0.467 e. The molecule has 2 aromatic rings. The van der Waals surface area contributed by atoms with Gasteiger partial charge in [-0.25, -0.2) is 8.78 Å². The molecule has 4 nitrogen and oxygen atoms in total. The molecule has 7 heteroatoms. The fourth-order valence-electron chi connectivity index (χ4n) is 2.67. The average Bonchev–Trinajstić information content (AvgIpc) is 3.12. The number of hydrogen-bond acceptors (Lipinski definition) is 2. The van der Waals surface area contributed by atoms with Crippen molar-refractivity contribution in [1.29, 1.82) is 0 Å². The Bertz CT molecular complexity index is 700. The monoisotopic (exact) mass is 447 g/mol. The van der Waals surface area contributed by atoms with Crippen molar-refractivity contribution in [2.45, 2.75) is 24.8 Å². The zero-order valence-electron chi connectivity index (χ0n) is 13.3. The van der Waals surface area contributed by atoms with Gasteiger partial charge in [0.15, 0.2) is 5.96 Å². The molecule has 1 aromatic heterocycles. The number of nitrogens with one attached hydrogen (secondary N) is 2. The van der Waals surface area contributed by atoms with Gasteiger partial charge in [-0.3, -0.25) is 4.99 Å². The van der Waals surface area contributed by atoms with E-state index in [1.165, 1.54) is 6.07 Å². The van der Waals surface area contributed by atoms with Crippen LogP contribution in [0, 0.1) is 11.6 Å². The van der Waals surface area contributed by atoms with E-state index in [-0.39, 0.29) is 29.4 Å². The standard InChI is InChI=1S/C17H19F2N3O.HI/c1-20-16(21-10-13-3-2-8-23-13)22-11-17(6-7-17)14-5-4-12(18)9-15(14)19;/h2-5,8-9H,6-7,10-11H2,1H3,(H2,20,21,22);1H. The summed E-state index contributed by atoms with van der Waals surface area (Å²) in [6, 6.07) is 7.49. The number of halogens is 3. The predicted molar refractivity (Wildman–Crippen MR) is 99.6 cm³/mol. The van der Waals surface area contributed by atoms with Crippen LogP contribution in [0.1, 0.15) is 24.2 Å². The van der Waals surface area contributed by atoms with Crippen molar-refractivity contribution in [3.05, 3.63) is 59.6 Å². The quantitative estimate of drug-likeness (QED) is 0.419. The second-order valence-corrected chi connectivity index (χ2v) is 5.76. The Morgan fingerprint density at radius 3 is 2.62 bits per heavy atom. The summed E-state index contributed by atoms with van der Waals surface area (Å²) in [7, 11) is 1.68. The van der Waals surface area contributed by atoms with Crippen LogP contribution >= 0.6 is 24.0 Å². The van der Waals surface area contributed by atoms with Crippen molar-refractivity contribution < 1.29 is 13.2 Å². The van der Waals surface area contributed by atoms with E-state index in [1.54, 1.807) is 19.4 Å². The number of guanidine groups is 1. The van der Waals surface area contributed by atoms with Crippen LogP contribution in [0.25, 0.3) is 0 Å². The van der Waals surface area contributed by atoms with Gasteiger partial charge >= 0.3 is 0 Å². The van der Waals surface area contributed by atoms with Crippen molar-refractivity contribution in [2.24, 2.45) is 4.99 Å². The molecule has 0 atom stereocenters. The predicted octanol–water partition coefficient (Wildman–Crippen LogP) is 3.57. The van der Waals surface area contributed by atoms with Gasteiger partial charge in [0.25, 0.3) is 0 Å². The smallest absolute Gasteiger partial charge is 0.191 e. The maximum absolute atomic E-state index is 14.0. The SMILES string of the molecule is CN=C(NCc1ccco1)NCC1(c2ccc(F)cc2F)CC1.I. The van der Waals surface area contributed by atoms with Gasteiger partial charge in [0, 0.05) is 25.1 Å². The number of furan rings is 1. The maximum Gasteiger partial charge on any atom is 0.191 e. The average molecular weight is 447 g/mol. The van der Waals surface area contributed by atoms with Gasteiger partial charge < -0.3 is 15.1 Å². The molecule has 1 aliphatic carbocycles. The van der Waals surface area contributed by atoms with Gasteiger partial charge in [-0.05, 0) is 36.6 Å². The molecule has 3 rings (SSSR count). The van der Waals surface area contributed by atoms with E-state index in [0.717, 1.165) is 24.7 Å². The van der Waals surface area contributed by atoms with Crippen molar-refractivity contribution >= 4 is 29.9 Å². The Morgan fingerprint density at radius 1 is 1.25 bits per heavy atom. The summed E-state index contributed by atoms with van der Waals surface area (Å²) in [5, 5.41) is 6.35. The molecule has 24 heavy (non-hydrogen) atoms. The van der Waals surface area contributed by atoms with Crippen LogP contribution < -0.4 is 10.6 Å². The van der Waals surface area contributed by atoms with Crippen LogP contribution in [0.4, 0.5) is 8.78 Å². The molecule has 0 spiro atoms. The molecular formula is C17H20F2IN3O. The van der Waals surface area contributed by atoms with Crippen molar-refractivity contribution in [2.75, 3.05) is 13.6 Å². The third-order valence-electron chi connectivity index (χ3n) is 4.18. The molecule has 0 bridgehead atoms. The Morgan fingerprint density at radius 2 is 2.04 bits per heavy atom. The molecule has 130 valence electrons. The maximum atomic E-state index is 14.0. The molecule has 0 saturated heterocycles. The third-order valence-corrected chi connectivity index (χ3v) is 4.18. The molecule has 0 amide bonds. The highest BCUT2D eigenvalue weighted by atomic mass is 127. The number of rotatable bonds is 5. The molecule has 0 aliphatic heterocycles. The minimum Gasteiger partial charge on any atom is -0.467 e. The lowest BCUT2D eigenvalue weighted by atomic mass is 9.95. The van der Waals surface area contributed by atoms with Gasteiger partial charge in [-0.2, -0.15) is 0 Å². The lowest BCUT2D eigenvalue weighted by Crippen LogP contribution is -2.41. The molecule has 1 heterocycles. The van der Waals surface area contributed by atoms with Crippen LogP contribution in [0.3, 0.4) is 0 Å². The van der Waals surface area contributed by atoms with Crippen LogP contribution in [-0.2, 0) is 12.0 Å². The van der Waals surface area contributed by atoms with Gasteiger partial charge in [0.1, 0.15) is 17.4 Å². The highest BCUT2D eigenvalue weighted by Crippen LogP contribution is 2.48. The Hall–Kier alpha value is -1.64. The molecule has 0 unspecified atom stereocenters. The summed E-state index contributed by atoms with van der Waals surface area (Å²) in [5.74, 6) is 0.391. The van der Waals surface area contributed by atoms with E-state index in [9.17, 15) is 8.78 Å². The van der Waals surface area contributed by atoms with E-state index in [1.807, 2.05) is 12.1 Å².